The van der Waals surface area contributed by atoms with Gasteiger partial charge in [-0.05, 0) is 56.4 Å². The largest absolute Gasteiger partial charge is 0.508 e. The van der Waals surface area contributed by atoms with E-state index in [4.69, 9.17) is 9.84 Å². The van der Waals surface area contributed by atoms with Gasteiger partial charge >= 0.3 is 11.9 Å². The number of carbonyl (C=O) groups is 2. The van der Waals surface area contributed by atoms with Crippen LogP contribution in [0.5, 0.6) is 11.5 Å². The molecule has 2 atom stereocenters. The summed E-state index contributed by atoms with van der Waals surface area (Å²) in [5, 5.41) is 33.1. The number of phenolic OH excluding ortho intramolecular Hbond substituents is 2. The molecule has 2 aromatic carbocycles. The Morgan fingerprint density at radius 1 is 0.900 bits per heavy atom. The van der Waals surface area contributed by atoms with Gasteiger partial charge in [0.25, 0.3) is 0 Å². The van der Waals surface area contributed by atoms with E-state index < -0.39 is 5.97 Å². The third-order valence-electron chi connectivity index (χ3n) is 4.30. The number of rotatable bonds is 9. The molecule has 0 fully saturated rings. The molecule has 0 spiro atoms. The van der Waals surface area contributed by atoms with Crippen molar-refractivity contribution in [1.29, 1.82) is 0 Å². The molecule has 30 heavy (non-hydrogen) atoms. The van der Waals surface area contributed by atoms with E-state index in [9.17, 15) is 19.8 Å². The lowest BCUT2D eigenvalue weighted by Gasteiger charge is -2.15. The van der Waals surface area contributed by atoms with Crippen molar-refractivity contribution in [2.45, 2.75) is 31.8 Å². The zero-order valence-electron chi connectivity index (χ0n) is 17.5. The number of carbonyl (C=O) groups excluding carboxylic acids is 1. The maximum Gasteiger partial charge on any atom is 0.307 e. The molecule has 0 aliphatic rings. The summed E-state index contributed by atoms with van der Waals surface area (Å²) in [6, 6.07) is 13.0. The van der Waals surface area contributed by atoms with Crippen molar-refractivity contribution in [3.63, 3.8) is 0 Å². The van der Waals surface area contributed by atoms with Gasteiger partial charge in [-0.2, -0.15) is 0 Å². The number of phenols is 2. The lowest BCUT2D eigenvalue weighted by Crippen LogP contribution is -2.21. The van der Waals surface area contributed by atoms with Gasteiger partial charge in [0.15, 0.2) is 0 Å². The molecule has 2 rings (SSSR count). The highest BCUT2D eigenvalue weighted by Crippen LogP contribution is 2.21. The van der Waals surface area contributed by atoms with Crippen LogP contribution in [0.1, 0.15) is 43.0 Å². The van der Waals surface area contributed by atoms with Gasteiger partial charge in [-0.15, -0.1) is 0 Å². The number of aliphatic carboxylic acids is 1. The van der Waals surface area contributed by atoms with Gasteiger partial charge in [0, 0.05) is 12.1 Å². The number of benzene rings is 2. The number of hydrogen-bond acceptors (Lipinski definition) is 7. The zero-order chi connectivity index (χ0) is 22.5. The molecule has 0 amide bonds. The molecule has 2 unspecified atom stereocenters. The minimum absolute atomic E-state index is 0.0000463. The molecule has 0 aromatic heterocycles. The Morgan fingerprint density at radius 2 is 1.37 bits per heavy atom. The minimum atomic E-state index is -0.868. The number of hydrogen-bond donors (Lipinski definition) is 5. The van der Waals surface area contributed by atoms with Crippen LogP contribution in [-0.4, -0.2) is 48.0 Å². The molecule has 5 N–H and O–H groups in total. The summed E-state index contributed by atoms with van der Waals surface area (Å²) in [5.74, 6) is -0.771. The predicted molar refractivity (Wildman–Crippen MR) is 113 cm³/mol. The van der Waals surface area contributed by atoms with Gasteiger partial charge in [0.2, 0.25) is 0 Å². The fourth-order valence-corrected chi connectivity index (χ4v) is 2.82. The molecule has 0 saturated heterocycles. The van der Waals surface area contributed by atoms with E-state index in [1.54, 1.807) is 63.5 Å². The average Bonchev–Trinajstić information content (AvgIpc) is 2.70. The van der Waals surface area contributed by atoms with Crippen LogP contribution < -0.4 is 10.6 Å². The lowest BCUT2D eigenvalue weighted by molar-refractivity contribution is -0.143. The van der Waals surface area contributed by atoms with Crippen molar-refractivity contribution in [2.24, 2.45) is 0 Å². The first-order chi connectivity index (χ1) is 14.3. The third-order valence-corrected chi connectivity index (χ3v) is 4.30. The van der Waals surface area contributed by atoms with E-state index in [1.807, 2.05) is 6.07 Å². The molecular weight excluding hydrogens is 388 g/mol. The molecule has 0 saturated carbocycles. The molecule has 0 aliphatic carbocycles. The van der Waals surface area contributed by atoms with Crippen molar-refractivity contribution < 1.29 is 29.6 Å². The Hall–Kier alpha value is -3.10. The highest BCUT2D eigenvalue weighted by molar-refractivity contribution is 5.70. The van der Waals surface area contributed by atoms with Gasteiger partial charge in [-0.25, -0.2) is 0 Å². The second-order valence-electron chi connectivity index (χ2n) is 6.48. The number of carboxylic acids is 1. The first kappa shape index (κ1) is 24.9. The van der Waals surface area contributed by atoms with Gasteiger partial charge in [0.1, 0.15) is 11.5 Å². The van der Waals surface area contributed by atoms with Crippen LogP contribution >= 0.6 is 0 Å². The van der Waals surface area contributed by atoms with E-state index in [-0.39, 0.29) is 42.4 Å². The smallest absolute Gasteiger partial charge is 0.307 e. The maximum absolute atomic E-state index is 11.3. The highest BCUT2D eigenvalue weighted by Gasteiger charge is 2.15. The minimum Gasteiger partial charge on any atom is -0.508 e. The van der Waals surface area contributed by atoms with Crippen molar-refractivity contribution in [3.05, 3.63) is 59.7 Å². The third kappa shape index (κ3) is 8.93. The number of ether oxygens (including phenoxy) is 1. The summed E-state index contributed by atoms with van der Waals surface area (Å²) in [6.45, 7) is 2.16. The molecular formula is C22H30N2O6. The Morgan fingerprint density at radius 3 is 1.73 bits per heavy atom. The average molecular weight is 418 g/mol. The molecule has 0 heterocycles. The number of nitrogens with one attached hydrogen (secondary N) is 2. The van der Waals surface area contributed by atoms with Crippen LogP contribution in [0.25, 0.3) is 0 Å². The van der Waals surface area contributed by atoms with E-state index in [0.29, 0.717) is 6.61 Å². The molecule has 0 bridgehead atoms. The van der Waals surface area contributed by atoms with Crippen LogP contribution in [0.3, 0.4) is 0 Å². The van der Waals surface area contributed by atoms with Crippen LogP contribution in [-0.2, 0) is 14.3 Å². The Bertz CT molecular complexity index is 812. The summed E-state index contributed by atoms with van der Waals surface area (Å²) in [5.41, 5.74) is 1.64. The van der Waals surface area contributed by atoms with E-state index in [0.717, 1.165) is 11.1 Å². The predicted octanol–water partition coefficient (Wildman–Crippen LogP) is 2.73. The quantitative estimate of drug-likeness (QED) is 0.393. The fourth-order valence-electron chi connectivity index (χ4n) is 2.82. The maximum atomic E-state index is 11.3. The highest BCUT2D eigenvalue weighted by atomic mass is 16.5. The Kier molecular flexibility index (Phi) is 11.0. The number of carboxylic acid groups (broad SMARTS) is 1. The number of aromatic hydroxyl groups is 2. The van der Waals surface area contributed by atoms with Gasteiger partial charge in [0.05, 0.1) is 19.4 Å². The molecule has 8 heteroatoms. The van der Waals surface area contributed by atoms with Gasteiger partial charge in [-0.1, -0.05) is 24.3 Å². The fraction of sp³-hybridized carbons (Fsp3) is 0.364. The summed E-state index contributed by atoms with van der Waals surface area (Å²) in [4.78, 5) is 21.9. The topological polar surface area (TPSA) is 128 Å². The summed E-state index contributed by atoms with van der Waals surface area (Å²) in [6.07, 6.45) is 0.258. The zero-order valence-corrected chi connectivity index (χ0v) is 17.5. The summed E-state index contributed by atoms with van der Waals surface area (Å²) < 4.78 is 4.88. The first-order valence-electron chi connectivity index (χ1n) is 9.60. The van der Waals surface area contributed by atoms with Gasteiger partial charge < -0.3 is 30.7 Å². The van der Waals surface area contributed by atoms with Crippen LogP contribution in [0.4, 0.5) is 0 Å². The van der Waals surface area contributed by atoms with Crippen LogP contribution in [0, 0.1) is 0 Å². The molecule has 8 nitrogen and oxygen atoms in total. The Balaban J connectivity index is 0.000000303. The van der Waals surface area contributed by atoms with E-state index >= 15 is 0 Å². The standard InChI is InChI=1S/C12H17NO3.C10H13NO3/c1-3-16-12(15)8-11(13-2)9-5-4-6-10(14)7-9;1-11-9(6-10(13)14)7-3-2-4-8(12)5-7/h4-7,11,13-14H,3,8H2,1-2H3;2-5,9,11-12H,6H2,1H3,(H,13,14). The van der Waals surface area contributed by atoms with Crippen molar-refractivity contribution in [2.75, 3.05) is 20.7 Å². The van der Waals surface area contributed by atoms with Crippen molar-refractivity contribution in [3.8, 4) is 11.5 Å². The van der Waals surface area contributed by atoms with E-state index in [1.165, 1.54) is 0 Å². The molecule has 0 radical (unpaired) electrons. The number of esters is 1. The molecule has 0 aliphatic heterocycles. The summed E-state index contributed by atoms with van der Waals surface area (Å²) >= 11 is 0. The van der Waals surface area contributed by atoms with E-state index in [2.05, 4.69) is 10.6 Å². The second kappa shape index (κ2) is 13.2. The van der Waals surface area contributed by atoms with Crippen molar-refractivity contribution in [1.82, 2.24) is 10.6 Å². The Labute approximate surface area is 176 Å². The molecule has 164 valence electrons. The lowest BCUT2D eigenvalue weighted by atomic mass is 10.0. The normalized spacial score (nSPS) is 12.2. The molecule has 2 aromatic rings. The monoisotopic (exact) mass is 418 g/mol. The van der Waals surface area contributed by atoms with Crippen LogP contribution in [0.15, 0.2) is 48.5 Å². The second-order valence-corrected chi connectivity index (χ2v) is 6.48. The SMILES string of the molecule is CCOC(=O)CC(NC)c1cccc(O)c1.CNC(CC(=O)O)c1cccc(O)c1. The van der Waals surface area contributed by atoms with Crippen molar-refractivity contribution >= 4 is 11.9 Å². The first-order valence-corrected chi connectivity index (χ1v) is 9.60. The van der Waals surface area contributed by atoms with Crippen LogP contribution in [0.2, 0.25) is 0 Å². The summed E-state index contributed by atoms with van der Waals surface area (Å²) in [7, 11) is 3.46. The van der Waals surface area contributed by atoms with Gasteiger partial charge in [-0.3, -0.25) is 9.59 Å².